The van der Waals surface area contributed by atoms with E-state index in [1.807, 2.05) is 38.1 Å². The number of hydrogen-bond acceptors (Lipinski definition) is 5. The summed E-state index contributed by atoms with van der Waals surface area (Å²) in [7, 11) is 0. The molecule has 0 saturated carbocycles. The number of thioether (sulfide) groups is 1. The molecule has 4 nitrogen and oxygen atoms in total. The number of rotatable bonds is 5. The Morgan fingerprint density at radius 3 is 2.79 bits per heavy atom. The normalized spacial score (nSPS) is 11.4. The van der Waals surface area contributed by atoms with Crippen molar-refractivity contribution in [3.05, 3.63) is 78.8 Å². The van der Waals surface area contributed by atoms with Gasteiger partial charge in [0.2, 0.25) is 0 Å². The minimum absolute atomic E-state index is 0.0482. The van der Waals surface area contributed by atoms with Gasteiger partial charge in [0.15, 0.2) is 5.16 Å². The van der Waals surface area contributed by atoms with Crippen LogP contribution in [0.3, 0.4) is 0 Å². The van der Waals surface area contributed by atoms with Crippen LogP contribution in [0.1, 0.15) is 21.8 Å². The highest BCUT2D eigenvalue weighted by molar-refractivity contribution is 7.98. The van der Waals surface area contributed by atoms with Gasteiger partial charge in [0.1, 0.15) is 10.6 Å². The summed E-state index contributed by atoms with van der Waals surface area (Å²) < 4.78 is 7.14. The van der Waals surface area contributed by atoms with E-state index in [4.69, 9.17) is 32.6 Å². The maximum Gasteiger partial charge on any atom is 0.263 e. The van der Waals surface area contributed by atoms with Gasteiger partial charge in [-0.3, -0.25) is 9.36 Å². The Bertz CT molecular complexity index is 1210. The number of benzene rings is 1. The summed E-state index contributed by atoms with van der Waals surface area (Å²) in [6.45, 7) is 4.31. The molecular formula is C20H16Cl2N2O2S2. The van der Waals surface area contributed by atoms with Crippen molar-refractivity contribution in [2.24, 2.45) is 0 Å². The average Bonchev–Trinajstić information content (AvgIpc) is 3.25. The van der Waals surface area contributed by atoms with Crippen LogP contribution in [0.25, 0.3) is 10.2 Å². The van der Waals surface area contributed by atoms with Crippen molar-refractivity contribution in [2.75, 3.05) is 0 Å². The summed E-state index contributed by atoms with van der Waals surface area (Å²) >= 11 is 15.3. The van der Waals surface area contributed by atoms with Crippen molar-refractivity contribution in [3.63, 3.8) is 0 Å². The summed E-state index contributed by atoms with van der Waals surface area (Å²) in [5.41, 5.74) is 1.88. The van der Waals surface area contributed by atoms with E-state index in [0.717, 1.165) is 20.8 Å². The Hall–Kier alpha value is -1.73. The van der Waals surface area contributed by atoms with Crippen molar-refractivity contribution < 1.29 is 4.42 Å². The molecule has 1 aromatic carbocycles. The van der Waals surface area contributed by atoms with Crippen LogP contribution in [0.5, 0.6) is 0 Å². The first-order valence-electron chi connectivity index (χ1n) is 8.53. The van der Waals surface area contributed by atoms with Gasteiger partial charge in [-0.05, 0) is 49.2 Å². The highest BCUT2D eigenvalue weighted by Gasteiger charge is 2.18. The first-order valence-corrected chi connectivity index (χ1v) is 11.1. The monoisotopic (exact) mass is 450 g/mol. The number of furan rings is 1. The second-order valence-corrected chi connectivity index (χ2v) is 9.34. The predicted molar refractivity (Wildman–Crippen MR) is 117 cm³/mol. The molecule has 3 aromatic heterocycles. The smallest absolute Gasteiger partial charge is 0.263 e. The van der Waals surface area contributed by atoms with Crippen molar-refractivity contribution >= 4 is 56.5 Å². The maximum absolute atomic E-state index is 13.3. The highest BCUT2D eigenvalue weighted by atomic mass is 35.5. The van der Waals surface area contributed by atoms with Crippen LogP contribution < -0.4 is 5.56 Å². The van der Waals surface area contributed by atoms with E-state index in [1.54, 1.807) is 28.2 Å². The molecule has 0 saturated heterocycles. The first kappa shape index (κ1) is 19.6. The van der Waals surface area contributed by atoms with Gasteiger partial charge in [-0.2, -0.15) is 0 Å². The van der Waals surface area contributed by atoms with Crippen LogP contribution in [0.4, 0.5) is 0 Å². The summed E-state index contributed by atoms with van der Waals surface area (Å²) in [4.78, 5) is 19.9. The van der Waals surface area contributed by atoms with Gasteiger partial charge in [0, 0.05) is 20.7 Å². The number of aromatic nitrogens is 2. The number of aryl methyl sites for hydroxylation is 2. The van der Waals surface area contributed by atoms with Crippen molar-refractivity contribution in [1.82, 2.24) is 9.55 Å². The quantitative estimate of drug-likeness (QED) is 0.263. The van der Waals surface area contributed by atoms with E-state index in [9.17, 15) is 4.79 Å². The average molecular weight is 451 g/mol. The lowest BCUT2D eigenvalue weighted by atomic mass is 10.2. The van der Waals surface area contributed by atoms with Crippen LogP contribution >= 0.6 is 46.3 Å². The van der Waals surface area contributed by atoms with Gasteiger partial charge in [-0.15, -0.1) is 11.3 Å². The van der Waals surface area contributed by atoms with Gasteiger partial charge in [-0.25, -0.2) is 4.98 Å². The Morgan fingerprint density at radius 1 is 1.25 bits per heavy atom. The minimum atomic E-state index is -0.0482. The Morgan fingerprint density at radius 2 is 2.07 bits per heavy atom. The Labute approximate surface area is 180 Å². The predicted octanol–water partition coefficient (Wildman–Crippen LogP) is 6.32. The lowest BCUT2D eigenvalue weighted by Crippen LogP contribution is -2.23. The van der Waals surface area contributed by atoms with Crippen molar-refractivity contribution in [3.8, 4) is 0 Å². The molecule has 0 unspecified atom stereocenters. The third-order valence-electron chi connectivity index (χ3n) is 4.52. The lowest BCUT2D eigenvalue weighted by molar-refractivity contribution is 0.476. The van der Waals surface area contributed by atoms with Crippen molar-refractivity contribution in [2.45, 2.75) is 31.3 Å². The molecule has 144 valence electrons. The number of hydrogen-bond donors (Lipinski definition) is 0. The standard InChI is InChI=1S/C20H16Cl2N2O2S2/c1-11-12(2)28-18-17(11)19(25)24(9-15-4-3-7-26-15)20(23-18)27-10-13-5-6-14(21)8-16(13)22/h3-8H,9-10H2,1-2H3. The number of fused-ring (bicyclic) bond motifs is 1. The van der Waals surface area contributed by atoms with E-state index >= 15 is 0 Å². The fraction of sp³-hybridized carbons (Fsp3) is 0.200. The van der Waals surface area contributed by atoms with Crippen LogP contribution in [-0.4, -0.2) is 9.55 Å². The summed E-state index contributed by atoms with van der Waals surface area (Å²) in [5, 5.41) is 2.52. The third-order valence-corrected chi connectivity index (χ3v) is 7.23. The molecule has 0 aliphatic carbocycles. The van der Waals surface area contributed by atoms with Gasteiger partial charge in [0.25, 0.3) is 5.56 Å². The fourth-order valence-corrected chi connectivity index (χ4v) is 5.53. The molecule has 0 aliphatic rings. The molecule has 0 amide bonds. The zero-order valence-electron chi connectivity index (χ0n) is 15.2. The molecule has 0 bridgehead atoms. The number of thiophene rings is 1. The van der Waals surface area contributed by atoms with E-state index in [1.165, 1.54) is 11.8 Å². The van der Waals surface area contributed by atoms with Crippen molar-refractivity contribution in [1.29, 1.82) is 0 Å². The van der Waals surface area contributed by atoms with Gasteiger partial charge < -0.3 is 4.42 Å². The van der Waals surface area contributed by atoms with E-state index in [2.05, 4.69) is 0 Å². The molecule has 0 N–H and O–H groups in total. The Balaban J connectivity index is 1.77. The molecule has 3 heterocycles. The second-order valence-electron chi connectivity index (χ2n) is 6.35. The maximum atomic E-state index is 13.3. The fourth-order valence-electron chi connectivity index (χ4n) is 2.90. The van der Waals surface area contributed by atoms with E-state index in [-0.39, 0.29) is 5.56 Å². The summed E-state index contributed by atoms with van der Waals surface area (Å²) in [6, 6.07) is 9.09. The molecule has 4 aromatic rings. The van der Waals surface area contributed by atoms with Gasteiger partial charge >= 0.3 is 0 Å². The molecular weight excluding hydrogens is 435 g/mol. The van der Waals surface area contributed by atoms with Gasteiger partial charge in [-0.1, -0.05) is 41.0 Å². The summed E-state index contributed by atoms with van der Waals surface area (Å²) in [6.07, 6.45) is 1.60. The lowest BCUT2D eigenvalue weighted by Gasteiger charge is -2.12. The Kier molecular flexibility index (Phi) is 5.56. The molecule has 0 aliphatic heterocycles. The molecule has 0 fully saturated rings. The zero-order valence-corrected chi connectivity index (χ0v) is 18.3. The topological polar surface area (TPSA) is 48.0 Å². The molecule has 0 radical (unpaired) electrons. The second kappa shape index (κ2) is 7.95. The van der Waals surface area contributed by atoms with Gasteiger partial charge in [0.05, 0.1) is 18.2 Å². The van der Waals surface area contributed by atoms with Crippen LogP contribution in [0.15, 0.2) is 51.0 Å². The van der Waals surface area contributed by atoms with Crippen LogP contribution in [0, 0.1) is 13.8 Å². The molecule has 4 rings (SSSR count). The zero-order chi connectivity index (χ0) is 19.8. The highest BCUT2D eigenvalue weighted by Crippen LogP contribution is 2.31. The number of nitrogens with zero attached hydrogens (tertiary/aromatic N) is 2. The summed E-state index contributed by atoms with van der Waals surface area (Å²) in [5.74, 6) is 1.29. The third kappa shape index (κ3) is 3.74. The molecule has 8 heteroatoms. The largest absolute Gasteiger partial charge is 0.467 e. The van der Waals surface area contributed by atoms with E-state index < -0.39 is 0 Å². The first-order chi connectivity index (χ1) is 13.4. The molecule has 28 heavy (non-hydrogen) atoms. The van der Waals surface area contributed by atoms with E-state index in [0.29, 0.717) is 38.6 Å². The minimum Gasteiger partial charge on any atom is -0.467 e. The molecule has 0 spiro atoms. The van der Waals surface area contributed by atoms with Crippen LogP contribution in [0.2, 0.25) is 10.0 Å². The number of halogens is 2. The SMILES string of the molecule is Cc1sc2nc(SCc3ccc(Cl)cc3Cl)n(Cc3ccco3)c(=O)c2c1C. The molecule has 0 atom stereocenters. The van der Waals surface area contributed by atoms with Crippen LogP contribution in [-0.2, 0) is 12.3 Å².